The maximum Gasteiger partial charge on any atom is 0.261 e. The molecule has 43 heavy (non-hydrogen) atoms. The lowest BCUT2D eigenvalue weighted by atomic mass is 9.84. The molecule has 1 aliphatic rings. The molecule has 7 nitrogen and oxygen atoms in total. The summed E-state index contributed by atoms with van der Waals surface area (Å²) in [5.74, 6) is 0.535. The zero-order valence-corrected chi connectivity index (χ0v) is 27.1. The Balaban J connectivity index is 0.00000422. The van der Waals surface area contributed by atoms with Gasteiger partial charge in [-0.25, -0.2) is 9.37 Å². The fourth-order valence-electron chi connectivity index (χ4n) is 4.03. The van der Waals surface area contributed by atoms with Gasteiger partial charge in [0.25, 0.3) is 5.91 Å². The molecule has 1 amide bonds. The van der Waals surface area contributed by atoms with Crippen molar-refractivity contribution in [3.63, 3.8) is 0 Å². The lowest BCUT2D eigenvalue weighted by molar-refractivity contribution is -0.128. The molecule has 1 heterocycles. The van der Waals surface area contributed by atoms with Crippen molar-refractivity contribution in [3.05, 3.63) is 82.8 Å². The molecule has 2 rings (SSSR count). The quantitative estimate of drug-likeness (QED) is 0.140. The molecule has 2 unspecified atom stereocenters. The minimum Gasteiger partial charge on any atom is -0.495 e. The Labute approximate surface area is 258 Å². The minimum absolute atomic E-state index is 0.0264. The van der Waals surface area contributed by atoms with E-state index in [9.17, 15) is 14.4 Å². The Hall–Kier alpha value is -4.17. The molecule has 1 aromatic rings. The van der Waals surface area contributed by atoms with Crippen LogP contribution in [0.25, 0.3) is 0 Å². The van der Waals surface area contributed by atoms with Crippen molar-refractivity contribution in [3.8, 4) is 18.0 Å². The molecule has 0 aromatic carbocycles. The molecule has 1 N–H and O–H groups in total. The molecule has 1 aromatic heterocycles. The summed E-state index contributed by atoms with van der Waals surface area (Å²) < 4.78 is 23.7. The maximum atomic E-state index is 13.1. The van der Waals surface area contributed by atoms with E-state index in [2.05, 4.69) is 22.4 Å². The van der Waals surface area contributed by atoms with Gasteiger partial charge in [0.15, 0.2) is 6.10 Å². The van der Waals surface area contributed by atoms with E-state index < -0.39 is 12.8 Å². The van der Waals surface area contributed by atoms with Gasteiger partial charge in [-0.05, 0) is 57.4 Å². The van der Waals surface area contributed by atoms with E-state index in [4.69, 9.17) is 14.7 Å². The normalized spacial score (nSPS) is 17.5. The Morgan fingerprint density at radius 1 is 1.14 bits per heavy atom. The van der Waals surface area contributed by atoms with Crippen LogP contribution < -0.4 is 10.1 Å². The first-order chi connectivity index (χ1) is 20.8. The van der Waals surface area contributed by atoms with Crippen LogP contribution in [0.3, 0.4) is 0 Å². The van der Waals surface area contributed by atoms with Gasteiger partial charge < -0.3 is 14.8 Å². The monoisotopic (exact) mass is 592 g/mol. The van der Waals surface area contributed by atoms with Gasteiger partial charge in [-0.15, -0.1) is 0 Å². The summed E-state index contributed by atoms with van der Waals surface area (Å²) >= 11 is 0. The van der Waals surface area contributed by atoms with Crippen LogP contribution in [0.5, 0.6) is 5.88 Å². The number of allylic oxidation sites excluding steroid dienone is 9. The summed E-state index contributed by atoms with van der Waals surface area (Å²) in [6, 6.07) is 7.12. The third-order valence-corrected chi connectivity index (χ3v) is 6.22. The number of aromatic nitrogens is 1. The molecular formula is C35H49FN4O3. The van der Waals surface area contributed by atoms with Gasteiger partial charge in [0.2, 0.25) is 5.88 Å². The highest BCUT2D eigenvalue weighted by Crippen LogP contribution is 2.28. The molecule has 0 bridgehead atoms. The predicted molar refractivity (Wildman–Crippen MR) is 172 cm³/mol. The number of hydrogen-bond acceptors (Lipinski definition) is 6. The molecule has 0 spiro atoms. The van der Waals surface area contributed by atoms with Crippen LogP contribution in [0.1, 0.15) is 86.6 Å². The minimum atomic E-state index is -0.813. The van der Waals surface area contributed by atoms with E-state index in [0.29, 0.717) is 36.2 Å². The molecule has 3 atom stereocenters. The van der Waals surface area contributed by atoms with Gasteiger partial charge in [-0.2, -0.15) is 10.5 Å². The Kier molecular flexibility index (Phi) is 21.1. The number of carbonyl (C=O) groups excluding carboxylic acids is 1. The largest absolute Gasteiger partial charge is 0.495 e. The summed E-state index contributed by atoms with van der Waals surface area (Å²) in [4.78, 5) is 17.1. The number of rotatable bonds is 13. The Morgan fingerprint density at radius 3 is 2.44 bits per heavy atom. The molecule has 1 aliphatic carbocycles. The van der Waals surface area contributed by atoms with E-state index in [-0.39, 0.29) is 30.4 Å². The van der Waals surface area contributed by atoms with Gasteiger partial charge in [-0.1, -0.05) is 64.5 Å². The molecule has 234 valence electrons. The topological polar surface area (TPSA) is 108 Å². The van der Waals surface area contributed by atoms with Crippen molar-refractivity contribution in [1.82, 2.24) is 10.3 Å². The van der Waals surface area contributed by atoms with Crippen LogP contribution in [-0.2, 0) is 9.53 Å². The summed E-state index contributed by atoms with van der Waals surface area (Å²) in [6.07, 6.45) is 15.0. The van der Waals surface area contributed by atoms with Gasteiger partial charge in [-0.3, -0.25) is 4.79 Å². The highest BCUT2D eigenvalue weighted by atomic mass is 19.1. The second kappa shape index (κ2) is 23.4. The molecule has 0 radical (unpaired) electrons. The van der Waals surface area contributed by atoms with Crippen LogP contribution in [0.4, 0.5) is 4.39 Å². The number of halogens is 1. The number of nitrogens with one attached hydrogen (secondary N) is 1. The average Bonchev–Trinajstić information content (AvgIpc) is 3.02. The van der Waals surface area contributed by atoms with Crippen LogP contribution in [0.2, 0.25) is 0 Å². The number of carbonyl (C=O) groups is 1. The number of nitrogens with zero attached hydrogens (tertiary/aromatic N) is 3. The van der Waals surface area contributed by atoms with E-state index in [1.54, 1.807) is 19.1 Å². The van der Waals surface area contributed by atoms with Crippen molar-refractivity contribution in [2.75, 3.05) is 13.3 Å². The van der Waals surface area contributed by atoms with Crippen molar-refractivity contribution >= 4 is 5.91 Å². The number of pyridine rings is 1. The molecule has 8 heteroatoms. The highest BCUT2D eigenvalue weighted by molar-refractivity contribution is 5.81. The predicted octanol–water partition coefficient (Wildman–Crippen LogP) is 8.24. The summed E-state index contributed by atoms with van der Waals surface area (Å²) in [5, 5.41) is 21.6. The fourth-order valence-corrected chi connectivity index (χ4v) is 4.03. The molecule has 0 saturated heterocycles. The first-order valence-electron chi connectivity index (χ1n) is 15.1. The second-order valence-electron chi connectivity index (χ2n) is 9.30. The number of nitriles is 2. The SMILES string of the molecule is CC.CC.CC/C(=C\C=C(/C)CC(C1=C/CC=CC/C(C#N)=C\1)[C@H](C)NC(=O)C(C)Oc1ccc(C#N)cn1)OCCF. The van der Waals surface area contributed by atoms with Gasteiger partial charge in [0.05, 0.1) is 17.4 Å². The van der Waals surface area contributed by atoms with Crippen molar-refractivity contribution in [1.29, 1.82) is 10.5 Å². The first-order valence-corrected chi connectivity index (χ1v) is 15.1. The molecule has 0 fully saturated rings. The fraction of sp³-hybridized carbons (Fsp3) is 0.486. The van der Waals surface area contributed by atoms with Crippen LogP contribution >= 0.6 is 0 Å². The lowest BCUT2D eigenvalue weighted by Crippen LogP contribution is -2.45. The average molecular weight is 593 g/mol. The standard InChI is InChI=1S/C31H37FN4O3.2C2H6/c1-5-28(38-16-15-32)13-11-22(2)17-29(27-10-8-6-7-9-25(18-27)19-33)23(3)36-31(37)24(4)39-30-14-12-26(20-34)21-35-30;2*1-2/h6-7,10-14,18,21,23-24,29H,5,8-9,15-17H2,1-4H3,(H,36,37);2*1-2H3/b7-6?,22-11+,25-18+,27-10+,28-13+;;/t23-,24?,29?;;/m0../s1. The van der Waals surface area contributed by atoms with Crippen LogP contribution in [0.15, 0.2) is 77.3 Å². The highest BCUT2D eigenvalue weighted by Gasteiger charge is 2.26. The van der Waals surface area contributed by atoms with E-state index in [1.165, 1.54) is 6.20 Å². The molecular weight excluding hydrogens is 543 g/mol. The third kappa shape index (κ3) is 15.0. The van der Waals surface area contributed by atoms with Gasteiger partial charge in [0.1, 0.15) is 19.4 Å². The van der Waals surface area contributed by atoms with E-state index >= 15 is 0 Å². The van der Waals surface area contributed by atoms with Crippen LogP contribution in [-0.4, -0.2) is 36.3 Å². The smallest absolute Gasteiger partial charge is 0.261 e. The zero-order chi connectivity index (χ0) is 32.6. The van der Waals surface area contributed by atoms with Gasteiger partial charge in [0, 0.05) is 42.6 Å². The van der Waals surface area contributed by atoms with Crippen LogP contribution in [0, 0.1) is 28.6 Å². The van der Waals surface area contributed by atoms with Crippen molar-refractivity contribution in [2.24, 2.45) is 5.92 Å². The molecule has 0 saturated carbocycles. The van der Waals surface area contributed by atoms with Crippen molar-refractivity contribution in [2.45, 2.75) is 93.2 Å². The van der Waals surface area contributed by atoms with E-state index in [1.807, 2.05) is 84.9 Å². The van der Waals surface area contributed by atoms with E-state index in [0.717, 1.165) is 17.6 Å². The summed E-state index contributed by atoms with van der Waals surface area (Å²) in [5.41, 5.74) is 3.08. The van der Waals surface area contributed by atoms with Crippen molar-refractivity contribution < 1.29 is 18.7 Å². The molecule has 0 aliphatic heterocycles. The lowest BCUT2D eigenvalue weighted by Gasteiger charge is -2.28. The second-order valence-corrected chi connectivity index (χ2v) is 9.30. The zero-order valence-electron chi connectivity index (χ0n) is 27.1. The van der Waals surface area contributed by atoms with Gasteiger partial charge >= 0.3 is 0 Å². The Bertz CT molecular complexity index is 1200. The maximum absolute atomic E-state index is 13.1. The number of hydrogen-bond donors (Lipinski definition) is 1. The number of amides is 1. The first kappa shape index (κ1) is 38.8. The number of ether oxygens (including phenoxy) is 2. The number of alkyl halides is 1. The Morgan fingerprint density at radius 2 is 1.86 bits per heavy atom. The third-order valence-electron chi connectivity index (χ3n) is 6.22. The summed E-state index contributed by atoms with van der Waals surface area (Å²) in [7, 11) is 0. The summed E-state index contributed by atoms with van der Waals surface area (Å²) in [6.45, 7) is 15.0.